The molecule has 2 rings (SSSR count). The van der Waals surface area contributed by atoms with Gasteiger partial charge in [-0.15, -0.1) is 11.8 Å². The van der Waals surface area contributed by atoms with Crippen LogP contribution in [0, 0.1) is 11.3 Å². The number of thioether (sulfide) groups is 1. The molecule has 126 valence electrons. The van der Waals surface area contributed by atoms with Crippen molar-refractivity contribution in [3.8, 4) is 0 Å². The van der Waals surface area contributed by atoms with E-state index in [1.807, 2.05) is 56.2 Å². The van der Waals surface area contributed by atoms with Crippen molar-refractivity contribution in [2.75, 3.05) is 24.7 Å². The highest BCUT2D eigenvalue weighted by Gasteiger charge is 2.32. The molecule has 1 aliphatic heterocycles. The fourth-order valence-corrected chi connectivity index (χ4v) is 3.15. The number of benzene rings is 1. The van der Waals surface area contributed by atoms with Gasteiger partial charge in [-0.05, 0) is 43.4 Å². The SMILES string of the molecule is CSc1ccc(NC(=O)C2CCN(C(=O)C(C)(C)C)CC2)cc1. The van der Waals surface area contributed by atoms with Gasteiger partial charge >= 0.3 is 0 Å². The molecule has 1 fully saturated rings. The molecule has 0 spiro atoms. The molecule has 0 saturated carbocycles. The predicted molar refractivity (Wildman–Crippen MR) is 95.6 cm³/mol. The zero-order valence-corrected chi connectivity index (χ0v) is 15.2. The monoisotopic (exact) mass is 334 g/mol. The third-order valence-electron chi connectivity index (χ3n) is 4.15. The van der Waals surface area contributed by atoms with Gasteiger partial charge < -0.3 is 10.2 Å². The molecule has 1 aromatic carbocycles. The minimum Gasteiger partial charge on any atom is -0.342 e. The third-order valence-corrected chi connectivity index (χ3v) is 4.90. The fraction of sp³-hybridized carbons (Fsp3) is 0.556. The molecule has 2 amide bonds. The fourth-order valence-electron chi connectivity index (χ4n) is 2.74. The molecule has 4 nitrogen and oxygen atoms in total. The quantitative estimate of drug-likeness (QED) is 0.859. The minimum atomic E-state index is -0.353. The maximum absolute atomic E-state index is 12.4. The van der Waals surface area contributed by atoms with E-state index in [1.54, 1.807) is 11.8 Å². The summed E-state index contributed by atoms with van der Waals surface area (Å²) >= 11 is 1.68. The van der Waals surface area contributed by atoms with Crippen LogP contribution in [0.1, 0.15) is 33.6 Å². The molecular formula is C18H26N2O2S. The largest absolute Gasteiger partial charge is 0.342 e. The second kappa shape index (κ2) is 7.39. The summed E-state index contributed by atoms with van der Waals surface area (Å²) in [6.07, 6.45) is 3.49. The van der Waals surface area contributed by atoms with E-state index in [0.29, 0.717) is 13.1 Å². The van der Waals surface area contributed by atoms with Gasteiger partial charge in [-0.3, -0.25) is 9.59 Å². The first-order valence-electron chi connectivity index (χ1n) is 8.05. The Kier molecular flexibility index (Phi) is 5.74. The molecular weight excluding hydrogens is 308 g/mol. The zero-order chi connectivity index (χ0) is 17.0. The number of likely N-dealkylation sites (tertiary alicyclic amines) is 1. The number of hydrogen-bond donors (Lipinski definition) is 1. The Labute approximate surface area is 143 Å². The summed E-state index contributed by atoms with van der Waals surface area (Å²) in [6.45, 7) is 7.14. The van der Waals surface area contributed by atoms with Crippen molar-refractivity contribution in [1.82, 2.24) is 4.90 Å². The van der Waals surface area contributed by atoms with Crippen molar-refractivity contribution in [1.29, 1.82) is 0 Å². The summed E-state index contributed by atoms with van der Waals surface area (Å²) in [7, 11) is 0. The van der Waals surface area contributed by atoms with Crippen LogP contribution in [0.4, 0.5) is 5.69 Å². The Morgan fingerprint density at radius 1 is 1.13 bits per heavy atom. The minimum absolute atomic E-state index is 0.0146. The van der Waals surface area contributed by atoms with Gasteiger partial charge in [0.05, 0.1) is 0 Å². The topological polar surface area (TPSA) is 49.4 Å². The van der Waals surface area contributed by atoms with Crippen LogP contribution in [-0.2, 0) is 9.59 Å². The Morgan fingerprint density at radius 2 is 1.70 bits per heavy atom. The molecule has 0 bridgehead atoms. The Hall–Kier alpha value is -1.49. The van der Waals surface area contributed by atoms with E-state index >= 15 is 0 Å². The van der Waals surface area contributed by atoms with Gasteiger partial charge in [0.25, 0.3) is 0 Å². The summed E-state index contributed by atoms with van der Waals surface area (Å²) in [4.78, 5) is 27.7. The molecule has 0 atom stereocenters. The van der Waals surface area contributed by atoms with Crippen LogP contribution >= 0.6 is 11.8 Å². The smallest absolute Gasteiger partial charge is 0.227 e. The molecule has 1 heterocycles. The predicted octanol–water partition coefficient (Wildman–Crippen LogP) is 3.63. The average molecular weight is 334 g/mol. The summed E-state index contributed by atoms with van der Waals surface area (Å²) in [6, 6.07) is 7.87. The van der Waals surface area contributed by atoms with Crippen LogP contribution in [0.25, 0.3) is 0 Å². The Bertz CT molecular complexity index is 555. The van der Waals surface area contributed by atoms with E-state index in [-0.39, 0.29) is 23.1 Å². The second-order valence-electron chi connectivity index (χ2n) is 7.03. The summed E-state index contributed by atoms with van der Waals surface area (Å²) < 4.78 is 0. The van der Waals surface area contributed by atoms with Crippen molar-refractivity contribution < 1.29 is 9.59 Å². The Balaban J connectivity index is 1.87. The second-order valence-corrected chi connectivity index (χ2v) is 7.91. The van der Waals surface area contributed by atoms with Crippen molar-refractivity contribution in [2.24, 2.45) is 11.3 Å². The van der Waals surface area contributed by atoms with Crippen LogP contribution in [0.5, 0.6) is 0 Å². The van der Waals surface area contributed by atoms with Crippen LogP contribution in [0.2, 0.25) is 0 Å². The first-order chi connectivity index (χ1) is 10.8. The van der Waals surface area contributed by atoms with Gasteiger partial charge in [-0.2, -0.15) is 0 Å². The first kappa shape index (κ1) is 17.9. The van der Waals surface area contributed by atoms with E-state index in [1.165, 1.54) is 4.90 Å². The molecule has 1 saturated heterocycles. The highest BCUT2D eigenvalue weighted by atomic mass is 32.2. The molecule has 23 heavy (non-hydrogen) atoms. The number of nitrogens with zero attached hydrogens (tertiary/aromatic N) is 1. The molecule has 0 radical (unpaired) electrons. The number of rotatable bonds is 3. The van der Waals surface area contributed by atoms with Crippen molar-refractivity contribution in [3.63, 3.8) is 0 Å². The number of carbonyl (C=O) groups is 2. The van der Waals surface area contributed by atoms with Gasteiger partial charge in [0.1, 0.15) is 0 Å². The highest BCUT2D eigenvalue weighted by Crippen LogP contribution is 2.25. The third kappa shape index (κ3) is 4.74. The number of hydrogen-bond acceptors (Lipinski definition) is 3. The van der Waals surface area contributed by atoms with Crippen molar-refractivity contribution in [3.05, 3.63) is 24.3 Å². The normalized spacial score (nSPS) is 16.3. The molecule has 0 aromatic heterocycles. The number of amides is 2. The number of nitrogens with one attached hydrogen (secondary N) is 1. The van der Waals surface area contributed by atoms with Crippen LogP contribution in [0.15, 0.2) is 29.2 Å². The molecule has 1 aromatic rings. The van der Waals surface area contributed by atoms with Crippen molar-refractivity contribution >= 4 is 29.3 Å². The lowest BCUT2D eigenvalue weighted by atomic mass is 9.90. The number of piperidine rings is 1. The average Bonchev–Trinajstić information content (AvgIpc) is 2.54. The molecule has 1 N–H and O–H groups in total. The molecule has 0 aliphatic carbocycles. The van der Waals surface area contributed by atoms with E-state index in [2.05, 4.69) is 5.32 Å². The van der Waals surface area contributed by atoms with E-state index in [9.17, 15) is 9.59 Å². The lowest BCUT2D eigenvalue weighted by Crippen LogP contribution is -2.45. The van der Waals surface area contributed by atoms with E-state index < -0.39 is 0 Å². The zero-order valence-electron chi connectivity index (χ0n) is 14.4. The first-order valence-corrected chi connectivity index (χ1v) is 9.28. The Morgan fingerprint density at radius 3 is 2.17 bits per heavy atom. The maximum Gasteiger partial charge on any atom is 0.227 e. The van der Waals surface area contributed by atoms with Gasteiger partial charge in [-0.25, -0.2) is 0 Å². The van der Waals surface area contributed by atoms with Gasteiger partial charge in [0, 0.05) is 35.0 Å². The van der Waals surface area contributed by atoms with Crippen LogP contribution < -0.4 is 5.32 Å². The summed E-state index contributed by atoms with van der Waals surface area (Å²) in [5, 5.41) is 2.99. The molecule has 0 unspecified atom stereocenters. The molecule has 1 aliphatic rings. The van der Waals surface area contributed by atoms with Gasteiger partial charge in [-0.1, -0.05) is 20.8 Å². The maximum atomic E-state index is 12.4. The van der Waals surface area contributed by atoms with Crippen LogP contribution in [-0.4, -0.2) is 36.1 Å². The molecule has 5 heteroatoms. The van der Waals surface area contributed by atoms with Crippen LogP contribution in [0.3, 0.4) is 0 Å². The lowest BCUT2D eigenvalue weighted by molar-refractivity contribution is -0.142. The summed E-state index contributed by atoms with van der Waals surface area (Å²) in [5.74, 6) is 0.216. The number of carbonyl (C=O) groups excluding carboxylic acids is 2. The van der Waals surface area contributed by atoms with Gasteiger partial charge in [0.2, 0.25) is 11.8 Å². The standard InChI is InChI=1S/C18H26N2O2S/c1-18(2,3)17(22)20-11-9-13(10-12-20)16(21)19-14-5-7-15(23-4)8-6-14/h5-8,13H,9-12H2,1-4H3,(H,19,21). The van der Waals surface area contributed by atoms with E-state index in [4.69, 9.17) is 0 Å². The van der Waals surface area contributed by atoms with Crippen molar-refractivity contribution in [2.45, 2.75) is 38.5 Å². The summed E-state index contributed by atoms with van der Waals surface area (Å²) in [5.41, 5.74) is 0.481. The lowest BCUT2D eigenvalue weighted by Gasteiger charge is -2.35. The van der Waals surface area contributed by atoms with E-state index in [0.717, 1.165) is 18.5 Å². The highest BCUT2D eigenvalue weighted by molar-refractivity contribution is 7.98. The number of anilines is 1. The van der Waals surface area contributed by atoms with Gasteiger partial charge in [0.15, 0.2) is 0 Å².